The zero-order valence-electron chi connectivity index (χ0n) is 13.2. The predicted octanol–water partition coefficient (Wildman–Crippen LogP) is 2.61. The van der Waals surface area contributed by atoms with Crippen LogP contribution in [0.4, 0.5) is 0 Å². The van der Waals surface area contributed by atoms with Crippen molar-refractivity contribution in [2.24, 2.45) is 10.9 Å². The summed E-state index contributed by atoms with van der Waals surface area (Å²) in [6.45, 7) is 6.42. The molecular weight excluding hydrogens is 282 g/mol. The van der Waals surface area contributed by atoms with E-state index in [4.69, 9.17) is 9.73 Å². The molecule has 0 radical (unpaired) electrons. The van der Waals surface area contributed by atoms with E-state index in [-0.39, 0.29) is 0 Å². The number of guanidine groups is 1. The van der Waals surface area contributed by atoms with Gasteiger partial charge in [0, 0.05) is 44.6 Å². The van der Waals surface area contributed by atoms with Crippen LogP contribution in [-0.2, 0) is 11.2 Å². The SMILES string of the molecule is CCNC(=NCCc1cccs1)N(C)CCOCC1CC1. The second kappa shape index (κ2) is 9.05. The summed E-state index contributed by atoms with van der Waals surface area (Å²) >= 11 is 1.80. The Balaban J connectivity index is 1.69. The molecule has 5 heteroatoms. The predicted molar refractivity (Wildman–Crippen MR) is 90.2 cm³/mol. The van der Waals surface area contributed by atoms with Gasteiger partial charge < -0.3 is 15.0 Å². The quantitative estimate of drug-likeness (QED) is 0.433. The van der Waals surface area contributed by atoms with Gasteiger partial charge in [0.15, 0.2) is 5.96 Å². The molecule has 0 aliphatic heterocycles. The Kier molecular flexibility index (Phi) is 7.03. The summed E-state index contributed by atoms with van der Waals surface area (Å²) in [6, 6.07) is 4.26. The number of aliphatic imine (C=N–C) groups is 1. The second-order valence-electron chi connectivity index (χ2n) is 5.50. The molecule has 21 heavy (non-hydrogen) atoms. The first-order chi connectivity index (χ1) is 10.3. The van der Waals surface area contributed by atoms with E-state index in [1.54, 1.807) is 11.3 Å². The Labute approximate surface area is 132 Å². The van der Waals surface area contributed by atoms with Crippen LogP contribution in [-0.4, -0.2) is 50.8 Å². The molecule has 1 N–H and O–H groups in total. The summed E-state index contributed by atoms with van der Waals surface area (Å²) in [4.78, 5) is 8.25. The van der Waals surface area contributed by atoms with Crippen molar-refractivity contribution in [3.05, 3.63) is 22.4 Å². The Hall–Kier alpha value is -1.07. The van der Waals surface area contributed by atoms with E-state index >= 15 is 0 Å². The van der Waals surface area contributed by atoms with E-state index in [0.717, 1.165) is 51.1 Å². The third-order valence-corrected chi connectivity index (χ3v) is 4.45. The maximum Gasteiger partial charge on any atom is 0.193 e. The summed E-state index contributed by atoms with van der Waals surface area (Å²) in [5.41, 5.74) is 0. The molecule has 1 saturated carbocycles. The number of hydrogen-bond donors (Lipinski definition) is 1. The number of ether oxygens (including phenoxy) is 1. The molecule has 1 aliphatic carbocycles. The summed E-state index contributed by atoms with van der Waals surface area (Å²) < 4.78 is 5.70. The van der Waals surface area contributed by atoms with Gasteiger partial charge in [0.05, 0.1) is 6.61 Å². The van der Waals surface area contributed by atoms with Crippen LogP contribution in [0.25, 0.3) is 0 Å². The van der Waals surface area contributed by atoms with Gasteiger partial charge in [0.2, 0.25) is 0 Å². The first kappa shape index (κ1) is 16.3. The van der Waals surface area contributed by atoms with Gasteiger partial charge in [-0.25, -0.2) is 0 Å². The molecule has 2 rings (SSSR count). The molecule has 1 fully saturated rings. The molecule has 118 valence electrons. The summed E-state index contributed by atoms with van der Waals surface area (Å²) in [5, 5.41) is 5.47. The van der Waals surface area contributed by atoms with Gasteiger partial charge in [-0.3, -0.25) is 4.99 Å². The van der Waals surface area contributed by atoms with Crippen LogP contribution in [0, 0.1) is 5.92 Å². The van der Waals surface area contributed by atoms with Crippen LogP contribution in [0.3, 0.4) is 0 Å². The minimum absolute atomic E-state index is 0.780. The van der Waals surface area contributed by atoms with E-state index in [0.29, 0.717) is 0 Å². The van der Waals surface area contributed by atoms with Crippen molar-refractivity contribution in [1.29, 1.82) is 0 Å². The average molecular weight is 309 g/mol. The van der Waals surface area contributed by atoms with Crippen molar-refractivity contribution in [2.45, 2.75) is 26.2 Å². The first-order valence-corrected chi connectivity index (χ1v) is 8.77. The highest BCUT2D eigenvalue weighted by molar-refractivity contribution is 7.09. The van der Waals surface area contributed by atoms with Gasteiger partial charge in [-0.05, 0) is 37.1 Å². The van der Waals surface area contributed by atoms with E-state index in [1.807, 2.05) is 0 Å². The molecule has 0 atom stereocenters. The first-order valence-electron chi connectivity index (χ1n) is 7.89. The van der Waals surface area contributed by atoms with Crippen molar-refractivity contribution >= 4 is 17.3 Å². The standard InChI is InChI=1S/C16H27N3OS/c1-3-17-16(18-9-8-15-5-4-12-21-15)19(2)10-11-20-13-14-6-7-14/h4-5,12,14H,3,6-11,13H2,1-2H3,(H,17,18). The van der Waals surface area contributed by atoms with Crippen LogP contribution >= 0.6 is 11.3 Å². The fourth-order valence-electron chi connectivity index (χ4n) is 2.04. The summed E-state index contributed by atoms with van der Waals surface area (Å²) in [6.07, 6.45) is 3.71. The van der Waals surface area contributed by atoms with E-state index in [2.05, 4.69) is 41.7 Å². The Bertz CT molecular complexity index is 415. The van der Waals surface area contributed by atoms with Gasteiger partial charge in [-0.1, -0.05) is 6.07 Å². The Morgan fingerprint density at radius 2 is 2.38 bits per heavy atom. The monoisotopic (exact) mass is 309 g/mol. The molecule has 0 amide bonds. The van der Waals surface area contributed by atoms with Crippen LogP contribution in [0.1, 0.15) is 24.6 Å². The summed E-state index contributed by atoms with van der Waals surface area (Å²) in [5.74, 6) is 1.81. The molecule has 0 spiro atoms. The van der Waals surface area contributed by atoms with E-state index < -0.39 is 0 Å². The molecule has 1 aromatic heterocycles. The molecule has 0 saturated heterocycles. The average Bonchev–Trinajstić information content (AvgIpc) is 3.17. The number of thiophene rings is 1. The Morgan fingerprint density at radius 1 is 1.52 bits per heavy atom. The fourth-order valence-corrected chi connectivity index (χ4v) is 2.74. The Morgan fingerprint density at radius 3 is 3.05 bits per heavy atom. The molecule has 1 heterocycles. The third-order valence-electron chi connectivity index (χ3n) is 3.52. The zero-order chi connectivity index (χ0) is 14.9. The van der Waals surface area contributed by atoms with Gasteiger partial charge >= 0.3 is 0 Å². The third kappa shape index (κ3) is 6.48. The lowest BCUT2D eigenvalue weighted by atomic mass is 10.3. The number of hydrogen-bond acceptors (Lipinski definition) is 3. The fraction of sp³-hybridized carbons (Fsp3) is 0.688. The van der Waals surface area contributed by atoms with Crippen LogP contribution in [0.15, 0.2) is 22.5 Å². The lowest BCUT2D eigenvalue weighted by molar-refractivity contribution is 0.115. The van der Waals surface area contributed by atoms with Crippen molar-refractivity contribution in [3.63, 3.8) is 0 Å². The van der Waals surface area contributed by atoms with Crippen LogP contribution < -0.4 is 5.32 Å². The highest BCUT2D eigenvalue weighted by Crippen LogP contribution is 2.28. The minimum Gasteiger partial charge on any atom is -0.379 e. The minimum atomic E-state index is 0.780. The zero-order valence-corrected chi connectivity index (χ0v) is 14.0. The lowest BCUT2D eigenvalue weighted by Gasteiger charge is -2.22. The van der Waals surface area contributed by atoms with Gasteiger partial charge in [0.25, 0.3) is 0 Å². The van der Waals surface area contributed by atoms with Crippen molar-refractivity contribution < 1.29 is 4.74 Å². The smallest absolute Gasteiger partial charge is 0.193 e. The maximum absolute atomic E-state index is 5.70. The largest absolute Gasteiger partial charge is 0.379 e. The van der Waals surface area contributed by atoms with Gasteiger partial charge in [0.1, 0.15) is 0 Å². The van der Waals surface area contributed by atoms with Crippen LogP contribution in [0.5, 0.6) is 0 Å². The van der Waals surface area contributed by atoms with Gasteiger partial charge in [-0.15, -0.1) is 11.3 Å². The number of nitrogens with one attached hydrogen (secondary N) is 1. The molecule has 4 nitrogen and oxygen atoms in total. The summed E-state index contributed by atoms with van der Waals surface area (Å²) in [7, 11) is 2.08. The van der Waals surface area contributed by atoms with Crippen molar-refractivity contribution in [3.8, 4) is 0 Å². The van der Waals surface area contributed by atoms with Crippen molar-refractivity contribution in [1.82, 2.24) is 10.2 Å². The topological polar surface area (TPSA) is 36.9 Å². The second-order valence-corrected chi connectivity index (χ2v) is 6.54. The molecule has 0 unspecified atom stereocenters. The molecule has 0 bridgehead atoms. The van der Waals surface area contributed by atoms with Crippen molar-refractivity contribution in [2.75, 3.05) is 39.9 Å². The van der Waals surface area contributed by atoms with Crippen LogP contribution in [0.2, 0.25) is 0 Å². The lowest BCUT2D eigenvalue weighted by Crippen LogP contribution is -2.40. The molecule has 1 aliphatic rings. The number of nitrogens with zero attached hydrogens (tertiary/aromatic N) is 2. The molecular formula is C16H27N3OS. The van der Waals surface area contributed by atoms with Gasteiger partial charge in [-0.2, -0.15) is 0 Å². The number of rotatable bonds is 9. The maximum atomic E-state index is 5.70. The molecule has 0 aromatic carbocycles. The highest BCUT2D eigenvalue weighted by Gasteiger charge is 2.21. The normalized spacial score (nSPS) is 15.2. The van der Waals surface area contributed by atoms with E-state index in [1.165, 1.54) is 17.7 Å². The molecule has 1 aromatic rings. The number of likely N-dealkylation sites (N-methyl/N-ethyl adjacent to an activating group) is 1. The van der Waals surface area contributed by atoms with E-state index in [9.17, 15) is 0 Å². The highest BCUT2D eigenvalue weighted by atomic mass is 32.1.